The maximum Gasteiger partial charge on any atom is 0.0860 e. The third-order valence-electron chi connectivity index (χ3n) is 4.72. The summed E-state index contributed by atoms with van der Waals surface area (Å²) in [6.45, 7) is 1.82. The van der Waals surface area contributed by atoms with Crippen LogP contribution in [0.25, 0.3) is 0 Å². The van der Waals surface area contributed by atoms with Gasteiger partial charge in [-0.1, -0.05) is 25.7 Å². The molecule has 2 aliphatic rings. The van der Waals surface area contributed by atoms with Crippen molar-refractivity contribution in [1.29, 1.82) is 5.26 Å². The fraction of sp³-hybridized carbons (Fsp3) is 0.929. The Labute approximate surface area is 104 Å². The summed E-state index contributed by atoms with van der Waals surface area (Å²) in [5, 5.41) is 24.0. The van der Waals surface area contributed by atoms with Crippen molar-refractivity contribution < 1.29 is 5.11 Å². The van der Waals surface area contributed by atoms with Crippen molar-refractivity contribution in [2.24, 2.45) is 5.41 Å². The predicted molar refractivity (Wildman–Crippen MR) is 67.4 cm³/mol. The maximum absolute atomic E-state index is 11.0. The monoisotopic (exact) mass is 236 g/mol. The van der Waals surface area contributed by atoms with Crippen molar-refractivity contribution >= 4 is 0 Å². The quantitative estimate of drug-likeness (QED) is 0.687. The summed E-state index contributed by atoms with van der Waals surface area (Å²) < 4.78 is 0. The molecule has 1 aliphatic carbocycles. The first-order valence-corrected chi connectivity index (χ1v) is 7.07. The molecular weight excluding hydrogens is 212 g/mol. The number of rotatable bonds is 1. The van der Waals surface area contributed by atoms with Crippen LogP contribution in [0, 0.1) is 16.7 Å². The molecule has 0 aromatic rings. The van der Waals surface area contributed by atoms with E-state index in [1.807, 2.05) is 0 Å². The Hall–Kier alpha value is -0.590. The van der Waals surface area contributed by atoms with Gasteiger partial charge in [-0.15, -0.1) is 0 Å². The fourth-order valence-corrected chi connectivity index (χ4v) is 3.54. The van der Waals surface area contributed by atoms with E-state index in [1.54, 1.807) is 0 Å². The normalized spacial score (nSPS) is 34.4. The second-order valence-corrected chi connectivity index (χ2v) is 5.74. The van der Waals surface area contributed by atoms with Crippen molar-refractivity contribution in [3.63, 3.8) is 0 Å². The van der Waals surface area contributed by atoms with Crippen LogP contribution in [0.2, 0.25) is 0 Å². The highest BCUT2D eigenvalue weighted by Gasteiger charge is 2.50. The standard InChI is InChI=1S/C14H24N2O/c15-12-13(6-3-1-2-4-7-13)14(17)8-5-10-16-11-9-14/h16-17H,1-11H2. The first-order valence-electron chi connectivity index (χ1n) is 7.07. The van der Waals surface area contributed by atoms with E-state index in [-0.39, 0.29) is 0 Å². The Balaban J connectivity index is 2.21. The van der Waals surface area contributed by atoms with Crippen LogP contribution in [-0.2, 0) is 0 Å². The van der Waals surface area contributed by atoms with Gasteiger partial charge < -0.3 is 10.4 Å². The van der Waals surface area contributed by atoms with Gasteiger partial charge >= 0.3 is 0 Å². The highest BCUT2D eigenvalue weighted by molar-refractivity contribution is 5.12. The minimum Gasteiger partial charge on any atom is -0.388 e. The number of nitrogens with zero attached hydrogens (tertiary/aromatic N) is 1. The lowest BCUT2D eigenvalue weighted by atomic mass is 9.65. The van der Waals surface area contributed by atoms with Gasteiger partial charge in [-0.05, 0) is 45.2 Å². The van der Waals surface area contributed by atoms with Crippen LogP contribution in [0.1, 0.15) is 57.8 Å². The number of aliphatic hydroxyl groups is 1. The van der Waals surface area contributed by atoms with Crippen molar-refractivity contribution in [1.82, 2.24) is 5.32 Å². The van der Waals surface area contributed by atoms with Crippen LogP contribution in [0.3, 0.4) is 0 Å². The highest BCUT2D eigenvalue weighted by atomic mass is 16.3. The molecule has 1 aliphatic heterocycles. The van der Waals surface area contributed by atoms with Crippen LogP contribution < -0.4 is 5.32 Å². The van der Waals surface area contributed by atoms with E-state index in [1.165, 1.54) is 12.8 Å². The molecule has 1 saturated carbocycles. The van der Waals surface area contributed by atoms with Gasteiger partial charge in [0.1, 0.15) is 0 Å². The van der Waals surface area contributed by atoms with Gasteiger partial charge in [0, 0.05) is 0 Å². The molecule has 0 aromatic carbocycles. The Morgan fingerprint density at radius 1 is 0.882 bits per heavy atom. The topological polar surface area (TPSA) is 56.0 Å². The molecule has 1 heterocycles. The van der Waals surface area contributed by atoms with Gasteiger partial charge in [-0.25, -0.2) is 0 Å². The predicted octanol–water partition coefficient (Wildman–Crippen LogP) is 2.36. The minimum absolute atomic E-state index is 0.477. The molecule has 3 nitrogen and oxygen atoms in total. The Bertz CT molecular complexity index is 279. The first-order chi connectivity index (χ1) is 8.22. The molecule has 1 saturated heterocycles. The minimum atomic E-state index is -0.754. The zero-order valence-corrected chi connectivity index (χ0v) is 10.7. The summed E-state index contributed by atoms with van der Waals surface area (Å²) in [7, 11) is 0. The van der Waals surface area contributed by atoms with E-state index in [2.05, 4.69) is 11.4 Å². The summed E-state index contributed by atoms with van der Waals surface area (Å²) >= 11 is 0. The highest BCUT2D eigenvalue weighted by Crippen LogP contribution is 2.47. The van der Waals surface area contributed by atoms with E-state index in [9.17, 15) is 10.4 Å². The van der Waals surface area contributed by atoms with Crippen molar-refractivity contribution in [3.8, 4) is 6.07 Å². The summed E-state index contributed by atoms with van der Waals surface area (Å²) in [5.74, 6) is 0. The van der Waals surface area contributed by atoms with E-state index < -0.39 is 11.0 Å². The molecule has 1 unspecified atom stereocenters. The third-order valence-corrected chi connectivity index (χ3v) is 4.72. The van der Waals surface area contributed by atoms with Gasteiger partial charge in [0.25, 0.3) is 0 Å². The van der Waals surface area contributed by atoms with Crippen molar-refractivity contribution in [3.05, 3.63) is 0 Å². The van der Waals surface area contributed by atoms with Crippen LogP contribution >= 0.6 is 0 Å². The number of hydrogen-bond donors (Lipinski definition) is 2. The molecule has 0 amide bonds. The molecule has 0 bridgehead atoms. The van der Waals surface area contributed by atoms with Gasteiger partial charge in [0.15, 0.2) is 0 Å². The largest absolute Gasteiger partial charge is 0.388 e. The smallest absolute Gasteiger partial charge is 0.0860 e. The second kappa shape index (κ2) is 5.37. The average molecular weight is 236 g/mol. The number of nitrogens with one attached hydrogen (secondary N) is 1. The van der Waals surface area contributed by atoms with Crippen LogP contribution in [0.5, 0.6) is 0 Å². The summed E-state index contributed by atoms with van der Waals surface area (Å²) in [4.78, 5) is 0. The Kier molecular flexibility index (Phi) is 4.06. The zero-order valence-electron chi connectivity index (χ0n) is 10.7. The average Bonchev–Trinajstić information content (AvgIpc) is 2.70. The van der Waals surface area contributed by atoms with E-state index in [0.29, 0.717) is 0 Å². The molecule has 0 spiro atoms. The summed E-state index contributed by atoms with van der Waals surface area (Å²) in [6, 6.07) is 2.52. The third kappa shape index (κ3) is 2.48. The summed E-state index contributed by atoms with van der Waals surface area (Å²) in [6.07, 6.45) is 8.93. The lowest BCUT2D eigenvalue weighted by Crippen LogP contribution is -2.48. The van der Waals surface area contributed by atoms with E-state index in [4.69, 9.17) is 0 Å². The number of nitriles is 1. The first kappa shape index (κ1) is 12.9. The molecular formula is C14H24N2O. The lowest BCUT2D eigenvalue weighted by molar-refractivity contribution is -0.0722. The van der Waals surface area contributed by atoms with Crippen LogP contribution in [0.4, 0.5) is 0 Å². The molecule has 96 valence electrons. The number of hydrogen-bond acceptors (Lipinski definition) is 3. The Morgan fingerprint density at radius 2 is 1.59 bits per heavy atom. The van der Waals surface area contributed by atoms with Crippen molar-refractivity contribution in [2.45, 2.75) is 63.4 Å². The van der Waals surface area contributed by atoms with E-state index >= 15 is 0 Å². The van der Waals surface area contributed by atoms with Gasteiger partial charge in [0.05, 0.1) is 17.1 Å². The summed E-state index contributed by atoms with van der Waals surface area (Å²) in [5.41, 5.74) is -1.23. The molecule has 2 rings (SSSR count). The molecule has 1 atom stereocenters. The molecule has 2 fully saturated rings. The molecule has 0 radical (unpaired) electrons. The molecule has 2 N–H and O–H groups in total. The molecule has 3 heteroatoms. The van der Waals surface area contributed by atoms with E-state index in [0.717, 1.165) is 58.0 Å². The lowest BCUT2D eigenvalue weighted by Gasteiger charge is -2.42. The Morgan fingerprint density at radius 3 is 2.24 bits per heavy atom. The zero-order chi connectivity index (χ0) is 12.2. The van der Waals surface area contributed by atoms with Gasteiger partial charge in [0.2, 0.25) is 0 Å². The van der Waals surface area contributed by atoms with Crippen LogP contribution in [0.15, 0.2) is 0 Å². The molecule has 17 heavy (non-hydrogen) atoms. The van der Waals surface area contributed by atoms with Gasteiger partial charge in [-0.2, -0.15) is 5.26 Å². The van der Waals surface area contributed by atoms with Crippen molar-refractivity contribution in [2.75, 3.05) is 13.1 Å². The van der Waals surface area contributed by atoms with Gasteiger partial charge in [-0.3, -0.25) is 0 Å². The fourth-order valence-electron chi connectivity index (χ4n) is 3.54. The molecule has 0 aromatic heterocycles. The SMILES string of the molecule is N#CC1(C2(O)CCCNCC2)CCCCCC1. The second-order valence-electron chi connectivity index (χ2n) is 5.74. The van der Waals surface area contributed by atoms with Crippen LogP contribution in [-0.4, -0.2) is 23.8 Å². The maximum atomic E-state index is 11.0.